The first-order chi connectivity index (χ1) is 21.7. The van der Waals surface area contributed by atoms with E-state index in [0.29, 0.717) is 47.5 Å². The zero-order valence-electron chi connectivity index (χ0n) is 25.6. The number of hydrogen-bond acceptors (Lipinski definition) is 6. The summed E-state index contributed by atoms with van der Waals surface area (Å²) in [4.78, 5) is 6.77. The quantitative estimate of drug-likeness (QED) is 0.117. The lowest BCUT2D eigenvalue weighted by molar-refractivity contribution is 0.138. The molecule has 0 unspecified atom stereocenters. The van der Waals surface area contributed by atoms with Gasteiger partial charge in [-0.2, -0.15) is 10.5 Å². The number of nitriles is 2. The highest BCUT2D eigenvalue weighted by molar-refractivity contribution is 6.70. The van der Waals surface area contributed by atoms with Gasteiger partial charge in [-0.1, -0.05) is 58.0 Å². The third kappa shape index (κ3) is 7.95. The minimum absolute atomic E-state index is 0.198. The Morgan fingerprint density at radius 1 is 0.600 bits per heavy atom. The molecule has 4 rings (SSSR count). The first kappa shape index (κ1) is 32.5. The number of benzene rings is 4. The van der Waals surface area contributed by atoms with E-state index in [1.54, 1.807) is 36.4 Å². The molecule has 0 aliphatic heterocycles. The van der Waals surface area contributed by atoms with Crippen LogP contribution in [0.15, 0.2) is 84.9 Å². The molecule has 0 atom stereocenters. The third-order valence-corrected chi connectivity index (χ3v) is 11.7. The van der Waals surface area contributed by atoms with E-state index in [4.69, 9.17) is 36.7 Å². The van der Waals surface area contributed by atoms with Gasteiger partial charge in [0, 0.05) is 0 Å². The number of rotatable bonds is 12. The molecule has 9 heteroatoms. The molecule has 0 radical (unpaired) electrons. The normalized spacial score (nSPS) is 10.9. The number of hydrogen-bond donors (Lipinski definition) is 0. The van der Waals surface area contributed by atoms with Gasteiger partial charge in [0.1, 0.15) is 35.1 Å². The van der Waals surface area contributed by atoms with Crippen molar-refractivity contribution in [2.45, 2.75) is 52.0 Å². The second kappa shape index (κ2) is 14.8. The van der Waals surface area contributed by atoms with Crippen LogP contribution in [0.5, 0.6) is 23.0 Å². The summed E-state index contributed by atoms with van der Waals surface area (Å²) >= 11 is 0. The van der Waals surface area contributed by atoms with Gasteiger partial charge in [0.2, 0.25) is 0 Å². The van der Waals surface area contributed by atoms with Gasteiger partial charge in [-0.3, -0.25) is 4.85 Å². The van der Waals surface area contributed by atoms with Crippen molar-refractivity contribution in [1.82, 2.24) is 0 Å². The summed E-state index contributed by atoms with van der Waals surface area (Å²) in [5, 5.41) is 18.4. The highest BCUT2D eigenvalue weighted by Gasteiger charge is 2.45. The maximum absolute atomic E-state index is 9.27. The molecule has 0 aliphatic carbocycles. The van der Waals surface area contributed by atoms with Crippen LogP contribution in [0.2, 0.25) is 11.1 Å². The van der Waals surface area contributed by atoms with Crippen molar-refractivity contribution in [3.05, 3.63) is 130 Å². The van der Waals surface area contributed by atoms with Crippen LogP contribution in [0.25, 0.3) is 9.69 Å². The Hall–Kier alpha value is -5.42. The van der Waals surface area contributed by atoms with E-state index >= 15 is 0 Å². The Labute approximate surface area is 265 Å². The van der Waals surface area contributed by atoms with E-state index in [9.17, 15) is 5.26 Å². The van der Waals surface area contributed by atoms with Crippen molar-refractivity contribution < 1.29 is 18.3 Å². The van der Waals surface area contributed by atoms with Crippen molar-refractivity contribution in [3.63, 3.8) is 0 Å². The van der Waals surface area contributed by atoms with Crippen LogP contribution >= 0.6 is 0 Å². The summed E-state index contributed by atoms with van der Waals surface area (Å²) < 4.78 is 25.1. The van der Waals surface area contributed by atoms with E-state index in [-0.39, 0.29) is 22.3 Å². The summed E-state index contributed by atoms with van der Waals surface area (Å²) in [5.41, 5.74) is 3.51. The summed E-state index contributed by atoms with van der Waals surface area (Å²) in [7, 11) is -2.68. The van der Waals surface area contributed by atoms with E-state index in [1.165, 1.54) is 0 Å². The Bertz CT molecular complexity index is 1670. The predicted molar refractivity (Wildman–Crippen MR) is 173 cm³/mol. The number of ether oxygens (including phenoxy) is 2. The second-order valence-corrected chi connectivity index (χ2v) is 15.2. The van der Waals surface area contributed by atoms with Crippen LogP contribution in [0, 0.1) is 35.8 Å². The topological polar surface area (TPSA) is 93.2 Å². The summed E-state index contributed by atoms with van der Waals surface area (Å²) in [6.07, 6.45) is 0. The minimum atomic E-state index is -2.68. The van der Waals surface area contributed by atoms with Crippen molar-refractivity contribution in [3.8, 4) is 35.1 Å². The molecular weight excluding hydrogens is 581 g/mol. The van der Waals surface area contributed by atoms with Crippen LogP contribution in [-0.4, -0.2) is 8.56 Å². The molecule has 0 spiro atoms. The van der Waals surface area contributed by atoms with E-state index in [0.717, 1.165) is 11.1 Å². The van der Waals surface area contributed by atoms with Crippen molar-refractivity contribution in [2.24, 2.45) is 0 Å². The lowest BCUT2D eigenvalue weighted by Crippen LogP contribution is -2.47. The summed E-state index contributed by atoms with van der Waals surface area (Å²) in [5.74, 6) is 2.21. The van der Waals surface area contributed by atoms with Gasteiger partial charge in [-0.25, -0.2) is 4.85 Å². The maximum atomic E-state index is 9.27. The average molecular weight is 613 g/mol. The molecule has 45 heavy (non-hydrogen) atoms. The SMILES string of the molecule is [C-]#[N+]c1ccc(Oc2ccc(CO[Si](OCc3ccc(Oc4ccc(C#N)c(C#N)c4)cc3)(C(C)C)C(C)C)cc2)cc1[N+]#[C-]. The molecule has 224 valence electrons. The van der Waals surface area contributed by atoms with Gasteiger partial charge in [0.05, 0.1) is 37.5 Å². The summed E-state index contributed by atoms with van der Waals surface area (Å²) in [6, 6.07) is 28.9. The molecule has 8 nitrogen and oxygen atoms in total. The molecule has 0 amide bonds. The first-order valence-electron chi connectivity index (χ1n) is 14.4. The van der Waals surface area contributed by atoms with Gasteiger partial charge in [-0.05, 0) is 76.8 Å². The van der Waals surface area contributed by atoms with E-state index in [2.05, 4.69) is 37.4 Å². The molecule has 0 aromatic heterocycles. The van der Waals surface area contributed by atoms with Crippen molar-refractivity contribution in [2.75, 3.05) is 0 Å². The predicted octanol–water partition coefficient (Wildman–Crippen LogP) is 10.1. The van der Waals surface area contributed by atoms with Crippen molar-refractivity contribution in [1.29, 1.82) is 10.5 Å². The molecule has 4 aromatic carbocycles. The van der Waals surface area contributed by atoms with Crippen LogP contribution in [0.1, 0.15) is 49.9 Å². The zero-order chi connectivity index (χ0) is 32.4. The van der Waals surface area contributed by atoms with Crippen LogP contribution in [-0.2, 0) is 22.1 Å². The molecule has 4 aromatic rings. The highest BCUT2D eigenvalue weighted by Crippen LogP contribution is 2.37. The number of nitrogens with zero attached hydrogens (tertiary/aromatic N) is 4. The summed E-state index contributed by atoms with van der Waals surface area (Å²) in [6.45, 7) is 23.8. The molecule has 0 aliphatic rings. The third-order valence-electron chi connectivity index (χ3n) is 7.28. The van der Waals surface area contributed by atoms with Gasteiger partial charge >= 0.3 is 8.56 Å². The highest BCUT2D eigenvalue weighted by atomic mass is 28.4. The van der Waals surface area contributed by atoms with Gasteiger partial charge in [0.25, 0.3) is 0 Å². The minimum Gasteiger partial charge on any atom is -0.459 e. The Morgan fingerprint density at radius 3 is 1.49 bits per heavy atom. The van der Waals surface area contributed by atoms with Gasteiger partial charge in [-0.15, -0.1) is 0 Å². The smallest absolute Gasteiger partial charge is 0.344 e. The van der Waals surface area contributed by atoms with Gasteiger partial charge < -0.3 is 18.3 Å². The van der Waals surface area contributed by atoms with E-state index < -0.39 is 8.56 Å². The lowest BCUT2D eigenvalue weighted by atomic mass is 10.1. The standard InChI is InChI=1S/C36H32N4O4Si/c1-25(2)45(26(3)4,41-23-27-7-12-31(13-8-27)43-33-16-11-29(21-37)30(19-33)22-38)42-24-28-9-14-32(15-10-28)44-34-17-18-35(39-5)36(20-34)40-6/h7-20,25-26H,23-24H2,1-4H3. The molecule has 0 saturated heterocycles. The lowest BCUT2D eigenvalue weighted by Gasteiger charge is -2.37. The first-order valence-corrected chi connectivity index (χ1v) is 16.3. The molecule has 0 fully saturated rings. The zero-order valence-corrected chi connectivity index (χ0v) is 26.6. The van der Waals surface area contributed by atoms with Gasteiger partial charge in [0.15, 0.2) is 11.4 Å². The maximum Gasteiger partial charge on any atom is 0.344 e. The fraction of sp³-hybridized carbons (Fsp3) is 0.222. The monoisotopic (exact) mass is 612 g/mol. The Morgan fingerprint density at radius 2 is 1.04 bits per heavy atom. The fourth-order valence-corrected chi connectivity index (χ4v) is 8.41. The van der Waals surface area contributed by atoms with E-state index in [1.807, 2.05) is 60.7 Å². The van der Waals surface area contributed by atoms with Crippen LogP contribution in [0.4, 0.5) is 11.4 Å². The molecule has 0 N–H and O–H groups in total. The Balaban J connectivity index is 1.39. The second-order valence-electron chi connectivity index (χ2n) is 10.9. The van der Waals surface area contributed by atoms with Crippen LogP contribution in [0.3, 0.4) is 0 Å². The largest absolute Gasteiger partial charge is 0.459 e. The Kier molecular flexibility index (Phi) is 10.7. The fourth-order valence-electron chi connectivity index (χ4n) is 4.87. The molecular formula is C36H32N4O4Si. The van der Waals surface area contributed by atoms with Crippen molar-refractivity contribution >= 4 is 19.9 Å². The van der Waals surface area contributed by atoms with Crippen LogP contribution < -0.4 is 9.47 Å². The average Bonchev–Trinajstić information content (AvgIpc) is 3.05. The molecule has 0 saturated carbocycles. The molecule has 0 heterocycles. The molecule has 0 bridgehead atoms.